The van der Waals surface area contributed by atoms with Crippen LogP contribution in [0.2, 0.25) is 5.02 Å². The Labute approximate surface area is 242 Å². The summed E-state index contributed by atoms with van der Waals surface area (Å²) in [5.41, 5.74) is 1.05. The van der Waals surface area contributed by atoms with Gasteiger partial charge < -0.3 is 9.80 Å². The third-order valence-corrected chi connectivity index (χ3v) is 8.10. The molecule has 0 bridgehead atoms. The SMILES string of the molecule is CC.CC1CN(C(=O)C2CCN(C(=N)/C=C\C(=N)C#N)C2)CC(C)C1(C)c1ccc(Cl)cc1.Fc1cccnc1. The highest BCUT2D eigenvalue weighted by Crippen LogP contribution is 2.43. The zero-order chi connectivity index (χ0) is 29.9. The van der Waals surface area contributed by atoms with E-state index >= 15 is 0 Å². The smallest absolute Gasteiger partial charge is 0.227 e. The van der Waals surface area contributed by atoms with Crippen LogP contribution in [0.1, 0.15) is 46.6 Å². The van der Waals surface area contributed by atoms with E-state index in [2.05, 4.69) is 37.9 Å². The predicted octanol–water partition coefficient (Wildman–Crippen LogP) is 6.36. The van der Waals surface area contributed by atoms with E-state index in [0.717, 1.165) is 24.5 Å². The summed E-state index contributed by atoms with van der Waals surface area (Å²) in [6.07, 6.45) is 6.20. The summed E-state index contributed by atoms with van der Waals surface area (Å²) in [5.74, 6) is 0.604. The Morgan fingerprint density at radius 3 is 2.23 bits per heavy atom. The van der Waals surface area contributed by atoms with E-state index in [4.69, 9.17) is 27.7 Å². The highest BCUT2D eigenvalue weighted by Gasteiger charge is 2.45. The number of amides is 1. The third kappa shape index (κ3) is 8.22. The van der Waals surface area contributed by atoms with Gasteiger partial charge in [0.2, 0.25) is 5.91 Å². The van der Waals surface area contributed by atoms with E-state index in [1.807, 2.05) is 35.8 Å². The largest absolute Gasteiger partial charge is 0.356 e. The minimum Gasteiger partial charge on any atom is -0.356 e. The number of aromatic nitrogens is 1. The summed E-state index contributed by atoms with van der Waals surface area (Å²) in [6.45, 7) is 13.3. The van der Waals surface area contributed by atoms with Crippen molar-refractivity contribution in [1.29, 1.82) is 16.1 Å². The van der Waals surface area contributed by atoms with Gasteiger partial charge in [-0.3, -0.25) is 20.6 Å². The second-order valence-corrected chi connectivity index (χ2v) is 10.6. The van der Waals surface area contributed by atoms with Crippen molar-refractivity contribution >= 4 is 29.1 Å². The third-order valence-electron chi connectivity index (χ3n) is 7.85. The van der Waals surface area contributed by atoms with Crippen molar-refractivity contribution in [3.05, 3.63) is 77.3 Å². The number of likely N-dealkylation sites (tertiary alicyclic amines) is 2. The lowest BCUT2D eigenvalue weighted by atomic mass is 9.62. The van der Waals surface area contributed by atoms with E-state index < -0.39 is 0 Å². The normalized spacial score (nSPS) is 23.8. The number of hydrogen-bond acceptors (Lipinski definition) is 5. The van der Waals surface area contributed by atoms with Gasteiger partial charge in [0.05, 0.1) is 12.1 Å². The maximum absolute atomic E-state index is 13.3. The van der Waals surface area contributed by atoms with Gasteiger partial charge in [0, 0.05) is 42.8 Å². The second kappa shape index (κ2) is 15.3. The molecule has 2 aliphatic rings. The van der Waals surface area contributed by atoms with Crippen LogP contribution in [-0.4, -0.2) is 58.4 Å². The van der Waals surface area contributed by atoms with E-state index in [1.54, 1.807) is 12.1 Å². The van der Waals surface area contributed by atoms with Gasteiger partial charge in [-0.25, -0.2) is 4.39 Å². The van der Waals surface area contributed by atoms with Crippen molar-refractivity contribution in [1.82, 2.24) is 14.8 Å². The first kappa shape index (κ1) is 32.6. The lowest BCUT2D eigenvalue weighted by molar-refractivity contribution is -0.139. The Morgan fingerprint density at radius 2 is 1.73 bits per heavy atom. The molecule has 2 aliphatic heterocycles. The number of benzene rings is 1. The molecular formula is C31H40ClFN6O. The summed E-state index contributed by atoms with van der Waals surface area (Å²) in [7, 11) is 0. The van der Waals surface area contributed by atoms with Crippen LogP contribution < -0.4 is 0 Å². The molecule has 214 valence electrons. The van der Waals surface area contributed by atoms with Crippen molar-refractivity contribution < 1.29 is 9.18 Å². The first-order valence-corrected chi connectivity index (χ1v) is 14.0. The number of pyridine rings is 1. The Hall–Kier alpha value is -3.57. The fourth-order valence-electron chi connectivity index (χ4n) is 5.24. The number of carbonyl (C=O) groups excluding carboxylic acids is 1. The molecule has 4 rings (SSSR count). The van der Waals surface area contributed by atoms with Crippen LogP contribution in [0.25, 0.3) is 0 Å². The molecule has 2 saturated heterocycles. The van der Waals surface area contributed by atoms with Crippen molar-refractivity contribution in [3.63, 3.8) is 0 Å². The van der Waals surface area contributed by atoms with Gasteiger partial charge in [-0.1, -0.05) is 58.4 Å². The Bertz CT molecular complexity index is 1200. The second-order valence-electron chi connectivity index (χ2n) is 10.2. The molecule has 1 amide bonds. The maximum Gasteiger partial charge on any atom is 0.227 e. The number of halogens is 2. The molecule has 0 saturated carbocycles. The monoisotopic (exact) mass is 566 g/mol. The molecule has 0 spiro atoms. The number of amidine groups is 1. The van der Waals surface area contributed by atoms with Crippen molar-refractivity contribution in [2.45, 2.75) is 46.5 Å². The number of hydrogen-bond donors (Lipinski definition) is 2. The van der Waals surface area contributed by atoms with Crippen LogP contribution in [0.4, 0.5) is 4.39 Å². The average Bonchev–Trinajstić information content (AvgIpc) is 3.46. The molecule has 40 heavy (non-hydrogen) atoms. The zero-order valence-corrected chi connectivity index (χ0v) is 24.8. The van der Waals surface area contributed by atoms with Crippen LogP contribution in [0, 0.1) is 45.7 Å². The molecule has 0 aliphatic carbocycles. The topological polar surface area (TPSA) is 108 Å². The summed E-state index contributed by atoms with van der Waals surface area (Å²) >= 11 is 6.08. The number of rotatable bonds is 4. The molecule has 2 fully saturated rings. The minimum atomic E-state index is -0.289. The van der Waals surface area contributed by atoms with Gasteiger partial charge in [-0.15, -0.1) is 0 Å². The summed E-state index contributed by atoms with van der Waals surface area (Å²) < 4.78 is 11.8. The van der Waals surface area contributed by atoms with E-state index in [9.17, 15) is 9.18 Å². The summed E-state index contributed by atoms with van der Waals surface area (Å²) in [5, 5.41) is 24.9. The molecular weight excluding hydrogens is 527 g/mol. The van der Waals surface area contributed by atoms with Crippen molar-refractivity contribution in [2.24, 2.45) is 17.8 Å². The maximum atomic E-state index is 13.3. The number of piperidine rings is 1. The first-order chi connectivity index (χ1) is 19.1. The average molecular weight is 567 g/mol. The van der Waals surface area contributed by atoms with Crippen molar-refractivity contribution in [3.8, 4) is 6.07 Å². The molecule has 2 N–H and O–H groups in total. The lowest BCUT2D eigenvalue weighted by Crippen LogP contribution is -2.55. The predicted molar refractivity (Wildman–Crippen MR) is 159 cm³/mol. The van der Waals surface area contributed by atoms with E-state index in [-0.39, 0.29) is 34.6 Å². The molecule has 7 nitrogen and oxygen atoms in total. The summed E-state index contributed by atoms with van der Waals surface area (Å²) in [4.78, 5) is 20.6. The Balaban J connectivity index is 0.000000534. The standard InChI is InChI=1S/C24H30ClN5O.C5H4FN.C2H6/c1-16-13-30(14-17(2)24(16,3)19-4-6-20(25)7-5-19)23(31)18-10-11-29(15-18)22(28)9-8-21(27)12-26;6-5-2-1-3-7-4-5;1-2/h4-9,16-18,27-28H,10-11,13-15H2,1-3H3;1-4H;1-2H3/b9-8-,27-21?,28-22?;;. The number of nitriles is 1. The fourth-order valence-corrected chi connectivity index (χ4v) is 5.37. The zero-order valence-electron chi connectivity index (χ0n) is 24.0. The van der Waals surface area contributed by atoms with Crippen molar-refractivity contribution in [2.75, 3.05) is 26.2 Å². The first-order valence-electron chi connectivity index (χ1n) is 13.7. The highest BCUT2D eigenvalue weighted by molar-refractivity contribution is 6.30. The molecule has 3 atom stereocenters. The van der Waals surface area contributed by atoms with Crippen LogP contribution >= 0.6 is 11.6 Å². The quantitative estimate of drug-likeness (QED) is 0.331. The molecule has 3 heterocycles. The molecule has 3 unspecified atom stereocenters. The van der Waals surface area contributed by atoms with Crippen LogP contribution in [0.5, 0.6) is 0 Å². The van der Waals surface area contributed by atoms with Gasteiger partial charge >= 0.3 is 0 Å². The number of allylic oxidation sites excluding steroid dienone is 1. The Morgan fingerprint density at radius 1 is 1.10 bits per heavy atom. The molecule has 2 aromatic rings. The fraction of sp³-hybridized carbons (Fsp3) is 0.452. The van der Waals surface area contributed by atoms with E-state index in [0.29, 0.717) is 24.9 Å². The summed E-state index contributed by atoms with van der Waals surface area (Å²) in [6, 6.07) is 12.7. The number of carbonyl (C=O) groups is 1. The lowest BCUT2D eigenvalue weighted by Gasteiger charge is -2.50. The van der Waals surface area contributed by atoms with Gasteiger partial charge in [-0.05, 0) is 60.2 Å². The van der Waals surface area contributed by atoms with Gasteiger partial charge in [0.25, 0.3) is 0 Å². The van der Waals surface area contributed by atoms with Crippen LogP contribution in [0.3, 0.4) is 0 Å². The van der Waals surface area contributed by atoms with E-state index in [1.165, 1.54) is 36.2 Å². The highest BCUT2D eigenvalue weighted by atomic mass is 35.5. The molecule has 1 aromatic heterocycles. The number of nitrogens with one attached hydrogen (secondary N) is 2. The molecule has 0 radical (unpaired) electrons. The molecule has 9 heteroatoms. The van der Waals surface area contributed by atoms with Crippen LogP contribution in [-0.2, 0) is 10.2 Å². The van der Waals surface area contributed by atoms with Gasteiger partial charge in [0.1, 0.15) is 23.4 Å². The molecule has 1 aromatic carbocycles. The minimum absolute atomic E-state index is 0.0266. The van der Waals surface area contributed by atoms with Crippen LogP contribution in [0.15, 0.2) is 60.9 Å². The Kier molecular flexibility index (Phi) is 12.5. The van der Waals surface area contributed by atoms with Gasteiger partial charge in [-0.2, -0.15) is 5.26 Å². The van der Waals surface area contributed by atoms with Gasteiger partial charge in [0.15, 0.2) is 0 Å². The number of nitrogens with zero attached hydrogens (tertiary/aromatic N) is 4.